The minimum atomic E-state index is -0.497. The van der Waals surface area contributed by atoms with Gasteiger partial charge in [0.1, 0.15) is 30.0 Å². The van der Waals surface area contributed by atoms with Crippen LogP contribution in [0.2, 0.25) is 0 Å². The third kappa shape index (κ3) is 8.26. The van der Waals surface area contributed by atoms with E-state index in [1.54, 1.807) is 18.2 Å². The number of halogens is 2. The molecule has 8 heteroatoms. The van der Waals surface area contributed by atoms with Gasteiger partial charge in [0.25, 0.3) is 11.8 Å². The number of ether oxygens (including phenoxy) is 2. The average molecular weight is 694 g/mol. The second-order valence-corrected chi connectivity index (χ2v) is 12.5. The number of carbonyl (C=O) groups is 2. The first-order valence-electron chi connectivity index (χ1n) is 15.5. The first kappa shape index (κ1) is 32.0. The number of aryl methyl sites for hydroxylation is 1. The Kier molecular flexibility index (Phi) is 9.97. The minimum Gasteiger partial charge on any atom is -0.490 e. The summed E-state index contributed by atoms with van der Waals surface area (Å²) in [4.78, 5) is 27.3. The summed E-state index contributed by atoms with van der Waals surface area (Å²) in [6, 6.07) is 35.0. The minimum absolute atomic E-state index is 0.0764. The van der Waals surface area contributed by atoms with E-state index in [1.807, 2.05) is 96.8 Å². The normalized spacial score (nSPS) is 13.2. The number of nitrogens with one attached hydrogen (secondary N) is 1. The van der Waals surface area contributed by atoms with Crippen LogP contribution in [0.15, 0.2) is 120 Å². The molecular weight excluding hydrogens is 659 g/mol. The van der Waals surface area contributed by atoms with Gasteiger partial charge in [0, 0.05) is 41.5 Å². The second kappa shape index (κ2) is 14.6. The SMILES string of the molecule is Cc1ccc(C(=O)N2CCC(Oc3ccc(COc4ccc(-c5ccc(C(=O)Nc6cc(Br)ccc6F)cc5)cc4)cc3)CC2)cc1. The van der Waals surface area contributed by atoms with Crippen molar-refractivity contribution in [3.8, 4) is 22.6 Å². The molecule has 47 heavy (non-hydrogen) atoms. The Bertz CT molecular complexity index is 1840. The Morgan fingerprint density at radius 3 is 2.04 bits per heavy atom. The van der Waals surface area contributed by atoms with Gasteiger partial charge in [-0.3, -0.25) is 9.59 Å². The first-order valence-corrected chi connectivity index (χ1v) is 16.3. The molecule has 0 atom stereocenters. The Labute approximate surface area is 282 Å². The molecule has 0 spiro atoms. The largest absolute Gasteiger partial charge is 0.490 e. The topological polar surface area (TPSA) is 67.9 Å². The number of benzene rings is 5. The molecule has 0 unspecified atom stereocenters. The van der Waals surface area contributed by atoms with E-state index in [2.05, 4.69) is 21.2 Å². The highest BCUT2D eigenvalue weighted by atomic mass is 79.9. The highest BCUT2D eigenvalue weighted by Gasteiger charge is 2.24. The molecule has 1 N–H and O–H groups in total. The monoisotopic (exact) mass is 692 g/mol. The van der Waals surface area contributed by atoms with E-state index >= 15 is 0 Å². The first-order chi connectivity index (χ1) is 22.8. The van der Waals surface area contributed by atoms with Gasteiger partial charge in [0.05, 0.1) is 5.69 Å². The molecule has 2 amide bonds. The fourth-order valence-electron chi connectivity index (χ4n) is 5.42. The van der Waals surface area contributed by atoms with Crippen molar-refractivity contribution < 1.29 is 23.5 Å². The Balaban J connectivity index is 0.955. The van der Waals surface area contributed by atoms with Crippen LogP contribution in [-0.4, -0.2) is 35.9 Å². The summed E-state index contributed by atoms with van der Waals surface area (Å²) in [5.74, 6) is 0.751. The van der Waals surface area contributed by atoms with E-state index in [0.29, 0.717) is 29.7 Å². The lowest BCUT2D eigenvalue weighted by Crippen LogP contribution is -2.41. The summed E-state index contributed by atoms with van der Waals surface area (Å²) < 4.78 is 26.9. The van der Waals surface area contributed by atoms with Crippen LogP contribution in [0.1, 0.15) is 44.7 Å². The molecule has 0 radical (unpaired) electrons. The smallest absolute Gasteiger partial charge is 0.255 e. The summed E-state index contributed by atoms with van der Waals surface area (Å²) in [7, 11) is 0. The van der Waals surface area contributed by atoms with E-state index in [4.69, 9.17) is 9.47 Å². The molecule has 0 bridgehead atoms. The zero-order chi connectivity index (χ0) is 32.8. The molecule has 1 heterocycles. The van der Waals surface area contributed by atoms with E-state index in [0.717, 1.165) is 52.2 Å². The lowest BCUT2D eigenvalue weighted by atomic mass is 10.0. The lowest BCUT2D eigenvalue weighted by molar-refractivity contribution is 0.0595. The van der Waals surface area contributed by atoms with E-state index < -0.39 is 5.82 Å². The molecule has 6 nitrogen and oxygen atoms in total. The van der Waals surface area contributed by atoms with Crippen LogP contribution in [0.4, 0.5) is 10.1 Å². The fourth-order valence-corrected chi connectivity index (χ4v) is 5.79. The number of rotatable bonds is 9. The number of piperidine rings is 1. The molecular formula is C39H34BrFN2O4. The maximum Gasteiger partial charge on any atom is 0.255 e. The summed E-state index contributed by atoms with van der Waals surface area (Å²) in [6.45, 7) is 3.80. The van der Waals surface area contributed by atoms with Crippen molar-refractivity contribution in [1.82, 2.24) is 4.90 Å². The van der Waals surface area contributed by atoms with E-state index in [-0.39, 0.29) is 23.6 Å². The molecule has 1 aliphatic heterocycles. The average Bonchev–Trinajstić information content (AvgIpc) is 3.10. The summed E-state index contributed by atoms with van der Waals surface area (Å²) in [5.41, 5.74) is 5.37. The van der Waals surface area contributed by atoms with Crippen molar-refractivity contribution in [2.24, 2.45) is 0 Å². The molecule has 6 rings (SSSR count). The van der Waals surface area contributed by atoms with Gasteiger partial charge < -0.3 is 19.7 Å². The molecule has 0 aliphatic carbocycles. The van der Waals surface area contributed by atoms with Crippen LogP contribution in [0.3, 0.4) is 0 Å². The van der Waals surface area contributed by atoms with Crippen molar-refractivity contribution >= 4 is 33.4 Å². The number of likely N-dealkylation sites (tertiary alicyclic amines) is 1. The summed E-state index contributed by atoms with van der Waals surface area (Å²) in [5, 5.41) is 2.61. The highest BCUT2D eigenvalue weighted by Crippen LogP contribution is 2.26. The number of nitrogens with zero attached hydrogens (tertiary/aromatic N) is 1. The third-order valence-corrected chi connectivity index (χ3v) is 8.66. The number of carbonyl (C=O) groups excluding carboxylic acids is 2. The van der Waals surface area contributed by atoms with Crippen LogP contribution < -0.4 is 14.8 Å². The van der Waals surface area contributed by atoms with Gasteiger partial charge in [0.15, 0.2) is 0 Å². The molecule has 5 aromatic carbocycles. The fraction of sp³-hybridized carbons (Fsp3) is 0.179. The maximum atomic E-state index is 14.0. The molecule has 0 aromatic heterocycles. The number of hydrogen-bond donors (Lipinski definition) is 1. The van der Waals surface area contributed by atoms with Crippen molar-refractivity contribution in [3.05, 3.63) is 148 Å². The van der Waals surface area contributed by atoms with Gasteiger partial charge in [-0.1, -0.05) is 70.0 Å². The van der Waals surface area contributed by atoms with Gasteiger partial charge in [-0.05, 0) is 90.3 Å². The van der Waals surface area contributed by atoms with Crippen LogP contribution in [0, 0.1) is 12.7 Å². The van der Waals surface area contributed by atoms with Crippen LogP contribution >= 0.6 is 15.9 Å². The molecule has 238 valence electrons. The van der Waals surface area contributed by atoms with E-state index in [1.165, 1.54) is 12.1 Å². The van der Waals surface area contributed by atoms with Crippen molar-refractivity contribution in [3.63, 3.8) is 0 Å². The standard InChI is InChI=1S/C39H34BrFN2O4/c1-26-2-6-31(7-3-26)39(45)43-22-20-35(21-23-43)47-34-15-4-27(5-16-34)25-46-33-17-12-29(13-18-33)28-8-10-30(11-9-28)38(44)42-37-24-32(40)14-19-36(37)41/h2-19,24,35H,20-23,25H2,1H3,(H,42,44). The number of anilines is 1. The van der Waals surface area contributed by atoms with Crippen molar-refractivity contribution in [2.75, 3.05) is 18.4 Å². The van der Waals surface area contributed by atoms with Gasteiger partial charge in [-0.15, -0.1) is 0 Å². The zero-order valence-corrected chi connectivity index (χ0v) is 27.5. The molecule has 5 aromatic rings. The summed E-state index contributed by atoms with van der Waals surface area (Å²) in [6.07, 6.45) is 1.67. The Morgan fingerprint density at radius 1 is 0.787 bits per heavy atom. The molecule has 1 aliphatic rings. The summed E-state index contributed by atoms with van der Waals surface area (Å²) >= 11 is 3.29. The van der Waals surface area contributed by atoms with E-state index in [9.17, 15) is 14.0 Å². The van der Waals surface area contributed by atoms with Crippen LogP contribution in [0.5, 0.6) is 11.5 Å². The number of hydrogen-bond acceptors (Lipinski definition) is 4. The lowest BCUT2D eigenvalue weighted by Gasteiger charge is -2.32. The van der Waals surface area contributed by atoms with Gasteiger partial charge in [0.2, 0.25) is 0 Å². The van der Waals surface area contributed by atoms with Gasteiger partial charge >= 0.3 is 0 Å². The Morgan fingerprint density at radius 2 is 1.38 bits per heavy atom. The van der Waals surface area contributed by atoms with Gasteiger partial charge in [-0.2, -0.15) is 0 Å². The zero-order valence-electron chi connectivity index (χ0n) is 25.9. The highest BCUT2D eigenvalue weighted by molar-refractivity contribution is 9.10. The van der Waals surface area contributed by atoms with Crippen molar-refractivity contribution in [2.45, 2.75) is 32.5 Å². The second-order valence-electron chi connectivity index (χ2n) is 11.6. The molecule has 1 fully saturated rings. The maximum absolute atomic E-state index is 14.0. The third-order valence-electron chi connectivity index (χ3n) is 8.17. The van der Waals surface area contributed by atoms with Gasteiger partial charge in [-0.25, -0.2) is 4.39 Å². The van der Waals surface area contributed by atoms with Crippen LogP contribution in [-0.2, 0) is 6.61 Å². The Hall–Kier alpha value is -4.95. The predicted octanol–water partition coefficient (Wildman–Crippen LogP) is 9.08. The van der Waals surface area contributed by atoms with Crippen molar-refractivity contribution in [1.29, 1.82) is 0 Å². The molecule has 1 saturated heterocycles. The van der Waals surface area contributed by atoms with Crippen LogP contribution in [0.25, 0.3) is 11.1 Å². The predicted molar refractivity (Wildman–Crippen MR) is 185 cm³/mol. The quantitative estimate of drug-likeness (QED) is 0.167. The molecule has 0 saturated carbocycles. The number of amides is 2.